The van der Waals surface area contributed by atoms with Crippen molar-refractivity contribution in [1.29, 1.82) is 0 Å². The Morgan fingerprint density at radius 1 is 1.29 bits per heavy atom. The molecule has 1 aromatic rings. The van der Waals surface area contributed by atoms with Gasteiger partial charge in [-0.25, -0.2) is 4.79 Å². The molecule has 0 aliphatic carbocycles. The minimum absolute atomic E-state index is 0.399. The lowest BCUT2D eigenvalue weighted by Crippen LogP contribution is -2.39. The topological polar surface area (TPSA) is 72.6 Å². The number of nitrogens with zero attached hydrogens (tertiary/aromatic N) is 1. The summed E-state index contributed by atoms with van der Waals surface area (Å²) < 4.78 is 4.83. The third-order valence-electron chi connectivity index (χ3n) is 3.94. The molecule has 5 nitrogen and oxygen atoms in total. The Labute approximate surface area is 129 Å². The van der Waals surface area contributed by atoms with E-state index in [2.05, 4.69) is 4.90 Å². The van der Waals surface area contributed by atoms with Gasteiger partial charge in [0.15, 0.2) is 0 Å². The first-order valence-corrected chi connectivity index (χ1v) is 8.14. The molecule has 1 aromatic heterocycles. The summed E-state index contributed by atoms with van der Waals surface area (Å²) in [6.45, 7) is 3.58. The zero-order chi connectivity index (χ0) is 15.4. The van der Waals surface area contributed by atoms with E-state index in [-0.39, 0.29) is 0 Å². The highest BCUT2D eigenvalue weighted by molar-refractivity contribution is 7.12. The monoisotopic (exact) mass is 310 g/mol. The van der Waals surface area contributed by atoms with Gasteiger partial charge in [0, 0.05) is 5.56 Å². The maximum absolute atomic E-state index is 12.1. The van der Waals surface area contributed by atoms with Gasteiger partial charge in [-0.15, -0.1) is 11.3 Å². The van der Waals surface area contributed by atoms with E-state index in [1.165, 1.54) is 31.3 Å². The number of hydrogen-bond acceptors (Lipinski definition) is 5. The summed E-state index contributed by atoms with van der Waals surface area (Å²) in [5, 5.41) is 1.88. The molecule has 0 radical (unpaired) electrons. The lowest BCUT2D eigenvalue weighted by molar-refractivity contribution is -0.123. The lowest BCUT2D eigenvalue weighted by Gasteiger charge is -2.29. The number of amides is 1. The number of nitrogens with two attached hydrogens (primary N) is 1. The van der Waals surface area contributed by atoms with Crippen molar-refractivity contribution in [2.24, 2.45) is 5.73 Å². The van der Waals surface area contributed by atoms with E-state index in [1.54, 1.807) is 0 Å². The van der Waals surface area contributed by atoms with E-state index in [0.29, 0.717) is 4.88 Å². The first-order valence-electron chi connectivity index (χ1n) is 7.26. The van der Waals surface area contributed by atoms with E-state index in [0.717, 1.165) is 37.1 Å². The smallest absolute Gasteiger partial charge is 0.348 e. The second kappa shape index (κ2) is 7.04. The lowest BCUT2D eigenvalue weighted by atomic mass is 10.0. The average molecular weight is 310 g/mol. The van der Waals surface area contributed by atoms with Crippen LogP contribution in [0.4, 0.5) is 0 Å². The molecular formula is C15H22N2O3S. The summed E-state index contributed by atoms with van der Waals surface area (Å²) in [5.41, 5.74) is 7.31. The number of rotatable bonds is 4. The van der Waals surface area contributed by atoms with Gasteiger partial charge < -0.3 is 10.5 Å². The zero-order valence-electron chi connectivity index (χ0n) is 12.6. The summed E-state index contributed by atoms with van der Waals surface area (Å²) in [7, 11) is 1.35. The molecule has 1 saturated heterocycles. The standard InChI is InChI=1S/C15H22N2O3S/c1-10-9-21-13(15(19)20-2)11(10)12(14(16)18)17-7-5-3-4-6-8-17/h9,12H,3-8H2,1-2H3,(H2,16,18). The van der Waals surface area contributed by atoms with Crippen molar-refractivity contribution in [3.8, 4) is 0 Å². The maximum Gasteiger partial charge on any atom is 0.348 e. The highest BCUT2D eigenvalue weighted by atomic mass is 32.1. The van der Waals surface area contributed by atoms with E-state index in [9.17, 15) is 9.59 Å². The van der Waals surface area contributed by atoms with Crippen LogP contribution in [0.25, 0.3) is 0 Å². The Morgan fingerprint density at radius 2 is 1.90 bits per heavy atom. The van der Waals surface area contributed by atoms with Gasteiger partial charge in [0.05, 0.1) is 7.11 Å². The number of ether oxygens (including phenoxy) is 1. The number of carbonyl (C=O) groups excluding carboxylic acids is 2. The average Bonchev–Trinajstić information content (AvgIpc) is 2.68. The minimum atomic E-state index is -0.538. The number of likely N-dealkylation sites (tertiary alicyclic amines) is 1. The quantitative estimate of drug-likeness (QED) is 0.866. The van der Waals surface area contributed by atoms with Gasteiger partial charge in [-0.05, 0) is 43.8 Å². The third kappa shape index (κ3) is 3.44. The third-order valence-corrected chi connectivity index (χ3v) is 5.04. The van der Waals surface area contributed by atoms with Crippen LogP contribution in [-0.2, 0) is 9.53 Å². The highest BCUT2D eigenvalue weighted by Gasteiger charge is 2.32. The fraction of sp³-hybridized carbons (Fsp3) is 0.600. The number of thiophene rings is 1. The number of esters is 1. The SMILES string of the molecule is COC(=O)c1scc(C)c1C(C(N)=O)N1CCCCCC1. The Balaban J connectivity index is 2.40. The van der Waals surface area contributed by atoms with Gasteiger partial charge in [-0.3, -0.25) is 9.69 Å². The number of hydrogen-bond donors (Lipinski definition) is 1. The molecular weight excluding hydrogens is 288 g/mol. The summed E-state index contributed by atoms with van der Waals surface area (Å²) in [4.78, 5) is 26.6. The van der Waals surface area contributed by atoms with Gasteiger partial charge in [-0.1, -0.05) is 12.8 Å². The van der Waals surface area contributed by atoms with Crippen LogP contribution < -0.4 is 5.73 Å². The highest BCUT2D eigenvalue weighted by Crippen LogP contribution is 2.33. The first kappa shape index (κ1) is 16.0. The normalized spacial score (nSPS) is 18.0. The molecule has 1 amide bonds. The molecule has 1 aliphatic heterocycles. The van der Waals surface area contributed by atoms with Crippen LogP contribution in [0.15, 0.2) is 5.38 Å². The molecule has 0 aromatic carbocycles. The van der Waals surface area contributed by atoms with Crippen molar-refractivity contribution in [2.75, 3.05) is 20.2 Å². The molecule has 2 heterocycles. The van der Waals surface area contributed by atoms with Gasteiger partial charge in [0.2, 0.25) is 5.91 Å². The van der Waals surface area contributed by atoms with E-state index in [4.69, 9.17) is 10.5 Å². The van der Waals surface area contributed by atoms with Crippen molar-refractivity contribution >= 4 is 23.2 Å². The predicted molar refractivity (Wildman–Crippen MR) is 82.4 cm³/mol. The zero-order valence-corrected chi connectivity index (χ0v) is 13.4. The van der Waals surface area contributed by atoms with E-state index in [1.807, 2.05) is 12.3 Å². The van der Waals surface area contributed by atoms with Crippen LogP contribution in [0.5, 0.6) is 0 Å². The van der Waals surface area contributed by atoms with Gasteiger partial charge >= 0.3 is 5.97 Å². The van der Waals surface area contributed by atoms with Crippen LogP contribution in [0.2, 0.25) is 0 Å². The van der Waals surface area contributed by atoms with Crippen molar-refractivity contribution in [3.63, 3.8) is 0 Å². The minimum Gasteiger partial charge on any atom is -0.465 e. The van der Waals surface area contributed by atoms with Crippen molar-refractivity contribution in [2.45, 2.75) is 38.6 Å². The molecule has 1 aliphatic rings. The number of primary amides is 1. The molecule has 1 unspecified atom stereocenters. The van der Waals surface area contributed by atoms with Gasteiger partial charge in [-0.2, -0.15) is 0 Å². The van der Waals surface area contributed by atoms with Crippen molar-refractivity contribution < 1.29 is 14.3 Å². The fourth-order valence-electron chi connectivity index (χ4n) is 2.90. The molecule has 2 rings (SSSR count). The Kier molecular flexibility index (Phi) is 5.36. The van der Waals surface area contributed by atoms with Crippen molar-refractivity contribution in [3.05, 3.63) is 21.4 Å². The largest absolute Gasteiger partial charge is 0.465 e. The Bertz CT molecular complexity index is 519. The molecule has 0 bridgehead atoms. The number of aryl methyl sites for hydroxylation is 1. The van der Waals surface area contributed by atoms with Crippen LogP contribution >= 0.6 is 11.3 Å². The van der Waals surface area contributed by atoms with Crippen LogP contribution in [0.3, 0.4) is 0 Å². The maximum atomic E-state index is 12.1. The second-order valence-corrected chi connectivity index (χ2v) is 6.29. The summed E-state index contributed by atoms with van der Waals surface area (Å²) in [5.74, 6) is -0.798. The molecule has 0 saturated carbocycles. The Hall–Kier alpha value is -1.40. The molecule has 2 N–H and O–H groups in total. The summed E-state index contributed by atoms with van der Waals surface area (Å²) in [6.07, 6.45) is 4.46. The molecule has 0 spiro atoms. The molecule has 1 atom stereocenters. The van der Waals surface area contributed by atoms with Gasteiger partial charge in [0.25, 0.3) is 0 Å². The number of carbonyl (C=O) groups is 2. The molecule has 1 fully saturated rings. The summed E-state index contributed by atoms with van der Waals surface area (Å²) >= 11 is 1.31. The van der Waals surface area contributed by atoms with E-state index < -0.39 is 17.9 Å². The first-order chi connectivity index (χ1) is 10.1. The molecule has 6 heteroatoms. The molecule has 21 heavy (non-hydrogen) atoms. The Morgan fingerprint density at radius 3 is 2.43 bits per heavy atom. The van der Waals surface area contributed by atoms with Crippen LogP contribution in [-0.4, -0.2) is 37.0 Å². The number of methoxy groups -OCH3 is 1. The second-order valence-electron chi connectivity index (χ2n) is 5.41. The van der Waals surface area contributed by atoms with Crippen LogP contribution in [0, 0.1) is 6.92 Å². The van der Waals surface area contributed by atoms with Gasteiger partial charge in [0.1, 0.15) is 10.9 Å². The van der Waals surface area contributed by atoms with Crippen molar-refractivity contribution in [1.82, 2.24) is 4.90 Å². The van der Waals surface area contributed by atoms with Crippen LogP contribution in [0.1, 0.15) is 52.5 Å². The predicted octanol–water partition coefficient (Wildman–Crippen LogP) is 2.25. The van der Waals surface area contributed by atoms with E-state index >= 15 is 0 Å². The summed E-state index contributed by atoms with van der Waals surface area (Å²) in [6, 6.07) is -0.538. The fourth-order valence-corrected chi connectivity index (χ4v) is 3.90. The molecule has 116 valence electrons.